The van der Waals surface area contributed by atoms with E-state index in [-0.39, 0.29) is 17.3 Å². The molecule has 12 heavy (non-hydrogen) atoms. The van der Waals surface area contributed by atoms with E-state index in [1.807, 2.05) is 13.8 Å². The van der Waals surface area contributed by atoms with Crippen molar-refractivity contribution in [1.82, 2.24) is 0 Å². The Kier molecular flexibility index (Phi) is 2.10. The van der Waals surface area contributed by atoms with E-state index in [0.29, 0.717) is 12.8 Å². The highest BCUT2D eigenvalue weighted by atomic mass is 16.4. The van der Waals surface area contributed by atoms with E-state index < -0.39 is 5.97 Å². The minimum absolute atomic E-state index is 0.193. The summed E-state index contributed by atoms with van der Waals surface area (Å²) in [5.41, 5.74) is -0.193. The van der Waals surface area contributed by atoms with Crippen molar-refractivity contribution in [3.8, 4) is 6.07 Å². The molecule has 1 rings (SSSR count). The molecule has 0 saturated heterocycles. The predicted molar refractivity (Wildman–Crippen MR) is 43.2 cm³/mol. The fraction of sp³-hybridized carbons (Fsp3) is 0.778. The lowest BCUT2D eigenvalue weighted by atomic mass is 9.54. The Hall–Kier alpha value is -1.04. The first kappa shape index (κ1) is 9.05. The molecule has 0 bridgehead atoms. The summed E-state index contributed by atoms with van der Waals surface area (Å²) in [6.07, 6.45) is 1.15. The topological polar surface area (TPSA) is 61.1 Å². The van der Waals surface area contributed by atoms with Crippen LogP contribution in [0.25, 0.3) is 0 Å². The van der Waals surface area contributed by atoms with E-state index in [4.69, 9.17) is 10.4 Å². The van der Waals surface area contributed by atoms with Gasteiger partial charge in [-0.15, -0.1) is 0 Å². The maximum Gasteiger partial charge on any atom is 0.307 e. The summed E-state index contributed by atoms with van der Waals surface area (Å²) in [6.45, 7) is 3.86. The third-order valence-electron chi connectivity index (χ3n) is 3.11. The standard InChI is InChI=1S/C9H13NO2/c1-9(2)6(3-4-10)5-7(9)8(11)12/h6-7H,3,5H2,1-2H3,(H,11,12)/t6-,7+/m1/s1. The highest BCUT2D eigenvalue weighted by Crippen LogP contribution is 2.52. The molecule has 0 aromatic rings. The number of aliphatic carboxylic acids is 1. The van der Waals surface area contributed by atoms with Crippen molar-refractivity contribution in [2.75, 3.05) is 0 Å². The Bertz CT molecular complexity index is 239. The molecule has 0 amide bonds. The normalized spacial score (nSPS) is 31.8. The summed E-state index contributed by atoms with van der Waals surface area (Å²) in [5.74, 6) is -0.714. The number of carbonyl (C=O) groups is 1. The van der Waals surface area contributed by atoms with Gasteiger partial charge in [0.25, 0.3) is 0 Å². The second-order valence-electron chi connectivity index (χ2n) is 4.01. The average molecular weight is 167 g/mol. The summed E-state index contributed by atoms with van der Waals surface area (Å²) in [6, 6.07) is 2.09. The van der Waals surface area contributed by atoms with E-state index in [1.54, 1.807) is 0 Å². The Balaban J connectivity index is 2.61. The molecule has 0 unspecified atom stereocenters. The van der Waals surface area contributed by atoms with Crippen molar-refractivity contribution in [2.45, 2.75) is 26.7 Å². The van der Waals surface area contributed by atoms with Crippen LogP contribution in [0.2, 0.25) is 0 Å². The Labute approximate surface area is 72.0 Å². The monoisotopic (exact) mass is 167 g/mol. The Morgan fingerprint density at radius 3 is 2.67 bits per heavy atom. The van der Waals surface area contributed by atoms with E-state index in [9.17, 15) is 4.79 Å². The largest absolute Gasteiger partial charge is 0.481 e. The van der Waals surface area contributed by atoms with Crippen molar-refractivity contribution in [2.24, 2.45) is 17.3 Å². The Morgan fingerprint density at radius 2 is 2.33 bits per heavy atom. The van der Waals surface area contributed by atoms with Crippen LogP contribution in [0, 0.1) is 28.6 Å². The molecule has 3 heteroatoms. The Morgan fingerprint density at radius 1 is 1.75 bits per heavy atom. The molecular formula is C9H13NO2. The van der Waals surface area contributed by atoms with Crippen LogP contribution in [-0.4, -0.2) is 11.1 Å². The quantitative estimate of drug-likeness (QED) is 0.680. The first-order valence-corrected chi connectivity index (χ1v) is 4.10. The van der Waals surface area contributed by atoms with Crippen LogP contribution in [0.1, 0.15) is 26.7 Å². The molecule has 0 spiro atoms. The zero-order valence-corrected chi connectivity index (χ0v) is 7.37. The number of nitrogens with zero attached hydrogens (tertiary/aromatic N) is 1. The minimum atomic E-state index is -0.728. The van der Waals surface area contributed by atoms with Gasteiger partial charge in [0, 0.05) is 6.42 Å². The molecule has 1 N–H and O–H groups in total. The molecule has 1 saturated carbocycles. The van der Waals surface area contributed by atoms with Crippen LogP contribution in [0.5, 0.6) is 0 Å². The second kappa shape index (κ2) is 2.78. The van der Waals surface area contributed by atoms with Gasteiger partial charge in [-0.3, -0.25) is 4.79 Å². The molecule has 0 radical (unpaired) electrons. The molecular weight excluding hydrogens is 154 g/mol. The average Bonchev–Trinajstić information content (AvgIpc) is 1.96. The second-order valence-corrected chi connectivity index (χ2v) is 4.01. The van der Waals surface area contributed by atoms with Crippen molar-refractivity contribution in [1.29, 1.82) is 5.26 Å². The number of nitriles is 1. The molecule has 0 aromatic carbocycles. The number of hydrogen-bond donors (Lipinski definition) is 1. The van der Waals surface area contributed by atoms with Gasteiger partial charge < -0.3 is 5.11 Å². The highest BCUT2D eigenvalue weighted by Gasteiger charge is 2.51. The van der Waals surface area contributed by atoms with Gasteiger partial charge >= 0.3 is 5.97 Å². The molecule has 0 aromatic heterocycles. The fourth-order valence-electron chi connectivity index (χ4n) is 1.89. The third kappa shape index (κ3) is 1.18. The summed E-state index contributed by atoms with van der Waals surface area (Å²) in [7, 11) is 0. The lowest BCUT2D eigenvalue weighted by molar-refractivity contribution is -0.158. The van der Waals surface area contributed by atoms with Gasteiger partial charge in [-0.25, -0.2) is 0 Å². The van der Waals surface area contributed by atoms with Gasteiger partial charge in [0.2, 0.25) is 0 Å². The van der Waals surface area contributed by atoms with Gasteiger partial charge in [0.05, 0.1) is 12.0 Å². The molecule has 0 aliphatic heterocycles. The fourth-order valence-corrected chi connectivity index (χ4v) is 1.89. The zero-order valence-electron chi connectivity index (χ0n) is 7.37. The molecule has 1 aliphatic rings. The summed E-state index contributed by atoms with van der Waals surface area (Å²) < 4.78 is 0. The van der Waals surface area contributed by atoms with Crippen molar-refractivity contribution >= 4 is 5.97 Å². The van der Waals surface area contributed by atoms with Crippen LogP contribution < -0.4 is 0 Å². The lowest BCUT2D eigenvalue weighted by Crippen LogP contribution is -2.48. The molecule has 3 nitrogen and oxygen atoms in total. The van der Waals surface area contributed by atoms with Crippen LogP contribution in [0.15, 0.2) is 0 Å². The predicted octanol–water partition coefficient (Wildman–Crippen LogP) is 1.65. The molecule has 1 fully saturated rings. The number of hydrogen-bond acceptors (Lipinski definition) is 2. The maximum absolute atomic E-state index is 10.7. The first-order chi connectivity index (χ1) is 5.50. The lowest BCUT2D eigenvalue weighted by Gasteiger charge is -2.49. The molecule has 0 heterocycles. The summed E-state index contributed by atoms with van der Waals surface area (Å²) in [5, 5.41) is 17.2. The molecule has 1 aliphatic carbocycles. The molecule has 66 valence electrons. The zero-order chi connectivity index (χ0) is 9.35. The van der Waals surface area contributed by atoms with Crippen molar-refractivity contribution in [3.05, 3.63) is 0 Å². The van der Waals surface area contributed by atoms with Crippen molar-refractivity contribution < 1.29 is 9.90 Å². The number of carboxylic acid groups (broad SMARTS) is 1. The highest BCUT2D eigenvalue weighted by molar-refractivity contribution is 5.72. The smallest absolute Gasteiger partial charge is 0.307 e. The van der Waals surface area contributed by atoms with Gasteiger partial charge in [-0.1, -0.05) is 13.8 Å². The number of rotatable bonds is 2. The van der Waals surface area contributed by atoms with Gasteiger partial charge in [-0.05, 0) is 17.8 Å². The van der Waals surface area contributed by atoms with E-state index >= 15 is 0 Å². The summed E-state index contributed by atoms with van der Waals surface area (Å²) >= 11 is 0. The van der Waals surface area contributed by atoms with Crippen molar-refractivity contribution in [3.63, 3.8) is 0 Å². The van der Waals surface area contributed by atoms with E-state index in [2.05, 4.69) is 6.07 Å². The SMILES string of the molecule is CC1(C)[C@H](CC#N)C[C@H]1C(=O)O. The maximum atomic E-state index is 10.7. The van der Waals surface area contributed by atoms with Crippen LogP contribution >= 0.6 is 0 Å². The van der Waals surface area contributed by atoms with E-state index in [0.717, 1.165) is 0 Å². The van der Waals surface area contributed by atoms with Crippen LogP contribution in [0.4, 0.5) is 0 Å². The minimum Gasteiger partial charge on any atom is -0.481 e. The van der Waals surface area contributed by atoms with Crippen LogP contribution in [-0.2, 0) is 4.79 Å². The summed E-state index contributed by atoms with van der Waals surface area (Å²) in [4.78, 5) is 10.7. The van der Waals surface area contributed by atoms with Gasteiger partial charge in [0.1, 0.15) is 0 Å². The first-order valence-electron chi connectivity index (χ1n) is 4.10. The molecule has 2 atom stereocenters. The van der Waals surface area contributed by atoms with Gasteiger partial charge in [-0.2, -0.15) is 5.26 Å². The number of carboxylic acids is 1. The van der Waals surface area contributed by atoms with Crippen LogP contribution in [0.3, 0.4) is 0 Å². The van der Waals surface area contributed by atoms with E-state index in [1.165, 1.54) is 0 Å². The van der Waals surface area contributed by atoms with Gasteiger partial charge in [0.15, 0.2) is 0 Å². The third-order valence-corrected chi connectivity index (χ3v) is 3.11.